The molecule has 1 atom stereocenters. The molecule has 1 aliphatic rings. The summed E-state index contributed by atoms with van der Waals surface area (Å²) in [4.78, 5) is 25.9. The van der Waals surface area contributed by atoms with Gasteiger partial charge in [0.1, 0.15) is 6.04 Å². The van der Waals surface area contributed by atoms with Crippen molar-refractivity contribution < 1.29 is 9.59 Å². The summed E-state index contributed by atoms with van der Waals surface area (Å²) < 4.78 is 0. The molecule has 1 aromatic carbocycles. The van der Waals surface area contributed by atoms with E-state index in [1.807, 2.05) is 0 Å². The maximum atomic E-state index is 11.9. The lowest BCUT2D eigenvalue weighted by molar-refractivity contribution is -0.128. The number of nitrogens with one attached hydrogen (secondary N) is 1. The average Bonchev–Trinajstić information content (AvgIpc) is 2.61. The second-order valence-corrected chi connectivity index (χ2v) is 4.64. The predicted molar refractivity (Wildman–Crippen MR) is 67.2 cm³/mol. The largest absolute Gasteiger partial charge is 0.344 e. The van der Waals surface area contributed by atoms with Gasteiger partial charge in [0, 0.05) is 24.1 Å². The number of likely N-dealkylation sites (N-methyl/N-ethyl adjacent to an activating group) is 1. The molecule has 0 aliphatic carbocycles. The van der Waals surface area contributed by atoms with Crippen LogP contribution in [0.3, 0.4) is 0 Å². The van der Waals surface area contributed by atoms with E-state index in [4.69, 9.17) is 0 Å². The van der Waals surface area contributed by atoms with Crippen molar-refractivity contribution in [2.24, 2.45) is 0 Å². The summed E-state index contributed by atoms with van der Waals surface area (Å²) in [5.74, 6) is -0.255. The van der Waals surface area contributed by atoms with Crippen molar-refractivity contribution in [3.05, 3.63) is 29.8 Å². The van der Waals surface area contributed by atoms with Gasteiger partial charge in [0.05, 0.1) is 0 Å². The lowest BCUT2D eigenvalue weighted by atomic mass is 10.2. The standard InChI is InChI=1S/C12H14N2O2S/c1-14-6-5-10(12(14)16)13-11(15)8-3-2-4-9(17)7-8/h2-4,7,10,17H,5-6H2,1H3,(H,13,15). The Morgan fingerprint density at radius 3 is 2.88 bits per heavy atom. The first-order chi connectivity index (χ1) is 8.08. The second-order valence-electron chi connectivity index (χ2n) is 4.12. The van der Waals surface area contributed by atoms with Crippen LogP contribution in [-0.4, -0.2) is 36.3 Å². The Labute approximate surface area is 105 Å². The van der Waals surface area contributed by atoms with Crippen LogP contribution in [0.1, 0.15) is 16.8 Å². The van der Waals surface area contributed by atoms with Gasteiger partial charge in [-0.05, 0) is 24.6 Å². The highest BCUT2D eigenvalue weighted by Crippen LogP contribution is 2.12. The van der Waals surface area contributed by atoms with Crippen LogP contribution >= 0.6 is 12.6 Å². The molecule has 90 valence electrons. The molecule has 1 aliphatic heterocycles. The third-order valence-electron chi connectivity index (χ3n) is 2.84. The zero-order valence-corrected chi connectivity index (χ0v) is 10.4. The van der Waals surface area contributed by atoms with Crippen molar-refractivity contribution in [3.63, 3.8) is 0 Å². The molecule has 1 saturated heterocycles. The van der Waals surface area contributed by atoms with Crippen molar-refractivity contribution >= 4 is 24.4 Å². The molecule has 17 heavy (non-hydrogen) atoms. The third kappa shape index (κ3) is 2.61. The van der Waals surface area contributed by atoms with Crippen LogP contribution in [0.15, 0.2) is 29.2 Å². The van der Waals surface area contributed by atoms with Gasteiger partial charge in [-0.25, -0.2) is 0 Å². The van der Waals surface area contributed by atoms with Gasteiger partial charge in [0.25, 0.3) is 5.91 Å². The summed E-state index contributed by atoms with van der Waals surface area (Å²) in [5.41, 5.74) is 0.528. The number of benzene rings is 1. The summed E-state index contributed by atoms with van der Waals surface area (Å²) in [6.45, 7) is 0.691. The molecular weight excluding hydrogens is 236 g/mol. The number of amides is 2. The molecule has 1 heterocycles. The van der Waals surface area contributed by atoms with Crippen LogP contribution in [0, 0.1) is 0 Å². The third-order valence-corrected chi connectivity index (χ3v) is 3.12. The molecule has 0 radical (unpaired) electrons. The highest BCUT2D eigenvalue weighted by molar-refractivity contribution is 7.80. The molecule has 0 bridgehead atoms. The number of rotatable bonds is 2. The van der Waals surface area contributed by atoms with E-state index in [9.17, 15) is 9.59 Å². The van der Waals surface area contributed by atoms with Gasteiger partial charge in [-0.15, -0.1) is 12.6 Å². The normalized spacial score (nSPS) is 19.5. The summed E-state index contributed by atoms with van der Waals surface area (Å²) in [5, 5.41) is 2.74. The molecule has 0 spiro atoms. The molecule has 2 amide bonds. The van der Waals surface area contributed by atoms with Crippen LogP contribution in [0.2, 0.25) is 0 Å². The van der Waals surface area contributed by atoms with Gasteiger partial charge >= 0.3 is 0 Å². The molecule has 5 heteroatoms. The topological polar surface area (TPSA) is 49.4 Å². The van der Waals surface area contributed by atoms with Crippen LogP contribution < -0.4 is 5.32 Å². The van der Waals surface area contributed by atoms with Gasteiger partial charge in [-0.3, -0.25) is 9.59 Å². The monoisotopic (exact) mass is 250 g/mol. The van der Waals surface area contributed by atoms with Gasteiger partial charge in [0.15, 0.2) is 0 Å². The summed E-state index contributed by atoms with van der Waals surface area (Å²) >= 11 is 4.17. The van der Waals surface area contributed by atoms with Gasteiger partial charge < -0.3 is 10.2 Å². The van der Waals surface area contributed by atoms with Crippen molar-refractivity contribution in [2.75, 3.05) is 13.6 Å². The van der Waals surface area contributed by atoms with Gasteiger partial charge in [0.2, 0.25) is 5.91 Å². The van der Waals surface area contributed by atoms with Crippen LogP contribution in [0.25, 0.3) is 0 Å². The lowest BCUT2D eigenvalue weighted by Gasteiger charge is -2.12. The van der Waals surface area contributed by atoms with E-state index in [2.05, 4.69) is 17.9 Å². The minimum atomic E-state index is -0.393. The summed E-state index contributed by atoms with van der Waals surface area (Å²) in [7, 11) is 1.74. The maximum Gasteiger partial charge on any atom is 0.251 e. The van der Waals surface area contributed by atoms with E-state index in [-0.39, 0.29) is 11.8 Å². The minimum Gasteiger partial charge on any atom is -0.344 e. The summed E-state index contributed by atoms with van der Waals surface area (Å²) in [6, 6.07) is 6.56. The molecule has 1 unspecified atom stereocenters. The summed E-state index contributed by atoms with van der Waals surface area (Å²) in [6.07, 6.45) is 0.668. The van der Waals surface area contributed by atoms with Crippen LogP contribution in [0.4, 0.5) is 0 Å². The quantitative estimate of drug-likeness (QED) is 0.767. The average molecular weight is 250 g/mol. The Morgan fingerprint density at radius 2 is 2.29 bits per heavy atom. The molecule has 0 aromatic heterocycles. The molecule has 1 fully saturated rings. The van der Waals surface area contributed by atoms with E-state index in [1.54, 1.807) is 36.2 Å². The Balaban J connectivity index is 2.05. The number of hydrogen-bond acceptors (Lipinski definition) is 3. The van der Waals surface area contributed by atoms with Crippen molar-refractivity contribution in [2.45, 2.75) is 17.4 Å². The predicted octanol–water partition coefficient (Wildman–Crippen LogP) is 0.936. The highest BCUT2D eigenvalue weighted by atomic mass is 32.1. The number of carbonyl (C=O) groups excluding carboxylic acids is 2. The molecule has 1 N–H and O–H groups in total. The fourth-order valence-electron chi connectivity index (χ4n) is 1.85. The van der Waals surface area contributed by atoms with Crippen LogP contribution in [-0.2, 0) is 4.79 Å². The van der Waals surface area contributed by atoms with E-state index < -0.39 is 6.04 Å². The lowest BCUT2D eigenvalue weighted by Crippen LogP contribution is -2.40. The Hall–Kier alpha value is -1.49. The zero-order valence-electron chi connectivity index (χ0n) is 9.51. The minimum absolute atomic E-state index is 0.0274. The molecular formula is C12H14N2O2S. The van der Waals surface area contributed by atoms with Gasteiger partial charge in [-0.1, -0.05) is 6.07 Å². The van der Waals surface area contributed by atoms with Crippen molar-refractivity contribution in [1.82, 2.24) is 10.2 Å². The number of carbonyl (C=O) groups is 2. The highest BCUT2D eigenvalue weighted by Gasteiger charge is 2.30. The Kier molecular flexibility index (Phi) is 3.38. The second kappa shape index (κ2) is 4.79. The van der Waals surface area contributed by atoms with Gasteiger partial charge in [-0.2, -0.15) is 0 Å². The number of thiol groups is 1. The smallest absolute Gasteiger partial charge is 0.251 e. The molecule has 2 rings (SSSR count). The molecule has 1 aromatic rings. The Morgan fingerprint density at radius 1 is 1.53 bits per heavy atom. The number of likely N-dealkylation sites (tertiary alicyclic amines) is 1. The number of nitrogens with zero attached hydrogens (tertiary/aromatic N) is 1. The SMILES string of the molecule is CN1CCC(NC(=O)c2cccc(S)c2)C1=O. The first-order valence-corrected chi connectivity index (χ1v) is 5.87. The molecule has 4 nitrogen and oxygen atoms in total. The first-order valence-electron chi connectivity index (χ1n) is 5.43. The van der Waals surface area contributed by atoms with Crippen molar-refractivity contribution in [3.8, 4) is 0 Å². The van der Waals surface area contributed by atoms with Crippen molar-refractivity contribution in [1.29, 1.82) is 0 Å². The maximum absolute atomic E-state index is 11.9. The van der Waals surface area contributed by atoms with E-state index >= 15 is 0 Å². The zero-order chi connectivity index (χ0) is 12.4. The van der Waals surface area contributed by atoms with Crippen LogP contribution in [0.5, 0.6) is 0 Å². The van der Waals surface area contributed by atoms with E-state index in [1.165, 1.54) is 0 Å². The first kappa shape index (κ1) is 12.0. The molecule has 0 saturated carbocycles. The van der Waals surface area contributed by atoms with E-state index in [0.29, 0.717) is 18.5 Å². The van der Waals surface area contributed by atoms with E-state index in [0.717, 1.165) is 4.90 Å². The fourth-order valence-corrected chi connectivity index (χ4v) is 2.07. The Bertz CT molecular complexity index is 462. The fraction of sp³-hybridized carbons (Fsp3) is 0.333. The number of hydrogen-bond donors (Lipinski definition) is 2.